The summed E-state index contributed by atoms with van der Waals surface area (Å²) >= 11 is 3.78. The summed E-state index contributed by atoms with van der Waals surface area (Å²) in [6.45, 7) is 1.79. The molecule has 1 amide bonds. The Morgan fingerprint density at radius 2 is 2.11 bits per heavy atom. The van der Waals surface area contributed by atoms with Crippen molar-refractivity contribution in [2.75, 3.05) is 0 Å². The maximum absolute atomic E-state index is 14.0. The second kappa shape index (κ2) is 7.67. The molecule has 10 heteroatoms. The van der Waals surface area contributed by atoms with Gasteiger partial charge in [0.25, 0.3) is 5.91 Å². The zero-order valence-electron chi connectivity index (χ0n) is 13.8. The first-order valence-electron chi connectivity index (χ1n) is 7.70. The standard InChI is InChI=1S/C17H12BrF2N2O3PS/c1-9(12-4-2-3-7-21-12)22-16(23)10-5-6-13-11(8-10)14(18)15(27-13)17(19,20)26(24)25/h2-9H,1H3,(H-,22,23,24,25)/p+1/t9-/m0/s1. The molecule has 0 bridgehead atoms. The van der Waals surface area contributed by atoms with Crippen LogP contribution in [-0.4, -0.2) is 15.8 Å². The highest BCUT2D eigenvalue weighted by atomic mass is 79.9. The molecule has 0 saturated heterocycles. The van der Waals surface area contributed by atoms with Crippen LogP contribution in [0.15, 0.2) is 47.1 Å². The van der Waals surface area contributed by atoms with Crippen molar-refractivity contribution in [3.63, 3.8) is 0 Å². The number of halogens is 3. The molecule has 2 N–H and O–H groups in total. The third kappa shape index (κ3) is 3.91. The van der Waals surface area contributed by atoms with Crippen LogP contribution in [0.5, 0.6) is 0 Å². The molecule has 2 heterocycles. The summed E-state index contributed by atoms with van der Waals surface area (Å²) in [5.41, 5.74) is -2.89. The topological polar surface area (TPSA) is 79.3 Å². The molecule has 0 aliphatic carbocycles. The van der Waals surface area contributed by atoms with Gasteiger partial charge < -0.3 is 5.32 Å². The Morgan fingerprint density at radius 1 is 1.37 bits per heavy atom. The van der Waals surface area contributed by atoms with Gasteiger partial charge in [-0.05, 0) is 57.8 Å². The fraction of sp³-hybridized carbons (Fsp3) is 0.176. The molecule has 2 aromatic heterocycles. The van der Waals surface area contributed by atoms with Gasteiger partial charge in [-0.2, -0.15) is 4.89 Å². The van der Waals surface area contributed by atoms with Crippen molar-refractivity contribution in [2.24, 2.45) is 0 Å². The van der Waals surface area contributed by atoms with E-state index in [1.165, 1.54) is 18.2 Å². The Labute approximate surface area is 166 Å². The van der Waals surface area contributed by atoms with Crippen molar-refractivity contribution >= 4 is 51.3 Å². The fourth-order valence-corrected chi connectivity index (χ4v) is 5.19. The third-order valence-corrected chi connectivity index (χ3v) is 7.06. The predicted octanol–water partition coefficient (Wildman–Crippen LogP) is 5.33. The Morgan fingerprint density at radius 3 is 2.74 bits per heavy atom. The number of nitrogens with one attached hydrogen (secondary N) is 1. The van der Waals surface area contributed by atoms with Crippen molar-refractivity contribution in [1.29, 1.82) is 0 Å². The number of fused-ring (bicyclic) bond motifs is 1. The second-order valence-corrected chi connectivity index (χ2v) is 8.67. The van der Waals surface area contributed by atoms with Gasteiger partial charge in [-0.15, -0.1) is 20.1 Å². The lowest BCUT2D eigenvalue weighted by Gasteiger charge is -2.13. The smallest absolute Gasteiger partial charge is 0.344 e. The maximum Gasteiger partial charge on any atom is 0.590 e. The molecule has 0 saturated carbocycles. The zero-order valence-corrected chi connectivity index (χ0v) is 17.1. The van der Waals surface area contributed by atoms with Gasteiger partial charge >= 0.3 is 13.7 Å². The Bertz CT molecular complexity index is 1030. The number of benzene rings is 1. The molecule has 3 aromatic rings. The lowest BCUT2D eigenvalue weighted by molar-refractivity contribution is 0.0849. The molecule has 0 spiro atoms. The van der Waals surface area contributed by atoms with Crippen molar-refractivity contribution in [3.8, 4) is 0 Å². The lowest BCUT2D eigenvalue weighted by atomic mass is 10.1. The molecule has 0 radical (unpaired) electrons. The fourth-order valence-electron chi connectivity index (χ4n) is 2.48. The van der Waals surface area contributed by atoms with Crippen LogP contribution in [-0.2, 0) is 10.2 Å². The van der Waals surface area contributed by atoms with E-state index in [4.69, 9.17) is 4.89 Å². The Kier molecular flexibility index (Phi) is 5.67. The summed E-state index contributed by atoms with van der Waals surface area (Å²) in [7, 11) is -3.72. The van der Waals surface area contributed by atoms with Crippen LogP contribution in [0.3, 0.4) is 0 Å². The van der Waals surface area contributed by atoms with E-state index in [1.807, 2.05) is 6.07 Å². The Balaban J connectivity index is 1.91. The van der Waals surface area contributed by atoms with E-state index >= 15 is 0 Å². The van der Waals surface area contributed by atoms with Crippen molar-refractivity contribution in [2.45, 2.75) is 18.6 Å². The van der Waals surface area contributed by atoms with Gasteiger partial charge in [-0.25, -0.2) is 0 Å². The number of carbonyl (C=O) groups is 1. The Hall–Kier alpha value is -1.80. The van der Waals surface area contributed by atoms with Crippen LogP contribution in [0.1, 0.15) is 33.9 Å². The summed E-state index contributed by atoms with van der Waals surface area (Å²) in [5.74, 6) is -0.380. The van der Waals surface area contributed by atoms with Gasteiger partial charge in [-0.1, -0.05) is 6.07 Å². The molecule has 1 aromatic carbocycles. The average Bonchev–Trinajstić information content (AvgIpc) is 2.99. The average molecular weight is 474 g/mol. The number of alkyl halides is 2. The monoisotopic (exact) mass is 473 g/mol. The van der Waals surface area contributed by atoms with Gasteiger partial charge in [0.05, 0.1) is 16.2 Å². The van der Waals surface area contributed by atoms with Gasteiger partial charge in [0.1, 0.15) is 4.88 Å². The quantitative estimate of drug-likeness (QED) is 0.490. The van der Waals surface area contributed by atoms with Crippen molar-refractivity contribution in [3.05, 3.63) is 63.2 Å². The number of nitrogens with zero attached hydrogens (tertiary/aromatic N) is 1. The van der Waals surface area contributed by atoms with E-state index in [1.54, 1.807) is 25.3 Å². The van der Waals surface area contributed by atoms with Crippen molar-refractivity contribution in [1.82, 2.24) is 10.3 Å². The molecule has 27 heavy (non-hydrogen) atoms. The first kappa shape index (κ1) is 19.9. The van der Waals surface area contributed by atoms with E-state index in [0.29, 0.717) is 27.1 Å². The number of aromatic nitrogens is 1. The van der Waals surface area contributed by atoms with Gasteiger partial charge in [0.15, 0.2) is 0 Å². The van der Waals surface area contributed by atoms with E-state index in [0.717, 1.165) is 0 Å². The molecular formula is C17H13BrF2N2O3PS+. The summed E-state index contributed by atoms with van der Waals surface area (Å²) < 4.78 is 39.4. The molecule has 0 aliphatic heterocycles. The molecule has 2 atom stereocenters. The summed E-state index contributed by atoms with van der Waals surface area (Å²) in [6, 6.07) is 9.57. The van der Waals surface area contributed by atoms with E-state index in [9.17, 15) is 18.1 Å². The number of rotatable bonds is 5. The van der Waals surface area contributed by atoms with Crippen LogP contribution in [0, 0.1) is 0 Å². The number of carbonyl (C=O) groups excluding carboxylic acids is 1. The number of amides is 1. The molecule has 0 aliphatic rings. The molecular weight excluding hydrogens is 461 g/mol. The molecule has 5 nitrogen and oxygen atoms in total. The van der Waals surface area contributed by atoms with Gasteiger partial charge in [0, 0.05) is 21.8 Å². The van der Waals surface area contributed by atoms with Crippen LogP contribution in [0.2, 0.25) is 0 Å². The highest BCUT2D eigenvalue weighted by Gasteiger charge is 2.56. The van der Waals surface area contributed by atoms with E-state index < -0.39 is 18.6 Å². The van der Waals surface area contributed by atoms with Crippen LogP contribution in [0.4, 0.5) is 8.78 Å². The molecule has 3 rings (SSSR count). The van der Waals surface area contributed by atoms with Crippen LogP contribution in [0.25, 0.3) is 10.1 Å². The minimum atomic E-state index is -3.87. The largest absolute Gasteiger partial charge is 0.590 e. The third-order valence-electron chi connectivity index (χ3n) is 3.88. The molecule has 0 fully saturated rings. The normalized spacial score (nSPS) is 13.4. The zero-order chi connectivity index (χ0) is 19.8. The predicted molar refractivity (Wildman–Crippen MR) is 103 cm³/mol. The summed E-state index contributed by atoms with van der Waals surface area (Å²) in [6.07, 6.45) is 1.63. The minimum Gasteiger partial charge on any atom is -0.344 e. The van der Waals surface area contributed by atoms with E-state index in [-0.39, 0.29) is 22.0 Å². The van der Waals surface area contributed by atoms with E-state index in [2.05, 4.69) is 26.2 Å². The minimum absolute atomic E-state index is 0.0114. The first-order valence-corrected chi connectivity index (χ1v) is 10.5. The first-order chi connectivity index (χ1) is 12.7. The van der Waals surface area contributed by atoms with Crippen LogP contribution >= 0.6 is 35.3 Å². The van der Waals surface area contributed by atoms with Crippen molar-refractivity contribution < 1.29 is 23.0 Å². The lowest BCUT2D eigenvalue weighted by Crippen LogP contribution is -2.27. The molecule has 140 valence electrons. The number of hydrogen-bond donors (Lipinski definition) is 2. The highest BCUT2D eigenvalue weighted by Crippen LogP contribution is 2.54. The number of hydrogen-bond acceptors (Lipinski definition) is 4. The number of pyridine rings is 1. The summed E-state index contributed by atoms with van der Waals surface area (Å²) in [5, 5.41) is 3.18. The second-order valence-electron chi connectivity index (χ2n) is 5.72. The van der Waals surface area contributed by atoms with Gasteiger partial charge in [-0.3, -0.25) is 9.78 Å². The number of thiophene rings is 1. The summed E-state index contributed by atoms with van der Waals surface area (Å²) in [4.78, 5) is 25.1. The highest BCUT2D eigenvalue weighted by molar-refractivity contribution is 9.10. The van der Waals surface area contributed by atoms with Gasteiger partial charge in [0.2, 0.25) is 0 Å². The molecule has 1 unspecified atom stereocenters. The van der Waals surface area contributed by atoms with Crippen LogP contribution < -0.4 is 5.32 Å². The maximum atomic E-state index is 14.0. The SMILES string of the molecule is C[C@H](NC(=O)c1ccc2sc(C(F)(F)[P+](=O)O)c(Br)c2c1)c1ccccn1.